The van der Waals surface area contributed by atoms with Crippen LogP contribution in [0.5, 0.6) is 5.75 Å². The van der Waals surface area contributed by atoms with Gasteiger partial charge in [-0.25, -0.2) is 14.8 Å². The summed E-state index contributed by atoms with van der Waals surface area (Å²) in [6, 6.07) is 17.2. The van der Waals surface area contributed by atoms with Gasteiger partial charge in [-0.2, -0.15) is 0 Å². The summed E-state index contributed by atoms with van der Waals surface area (Å²) >= 11 is 3.10. The van der Waals surface area contributed by atoms with Gasteiger partial charge in [0.05, 0.1) is 30.0 Å². The number of ether oxygens (including phenoxy) is 2. The Morgan fingerprint density at radius 1 is 0.912 bits per heavy atom. The van der Waals surface area contributed by atoms with Gasteiger partial charge in [-0.1, -0.05) is 36.4 Å². The maximum absolute atomic E-state index is 12.5. The SMILES string of the molecule is O=c1oc2ccccc2cc1-c1csc(Cc2nc(/C3=C/c4ccccc4OCOC3)cs2)n1. The normalized spacial score (nSPS) is 15.1. The zero-order chi connectivity index (χ0) is 22.9. The second-order valence-corrected chi connectivity index (χ2v) is 9.62. The van der Waals surface area contributed by atoms with Gasteiger partial charge in [-0.05, 0) is 24.3 Å². The van der Waals surface area contributed by atoms with Crippen molar-refractivity contribution in [3.63, 3.8) is 0 Å². The van der Waals surface area contributed by atoms with Crippen molar-refractivity contribution in [2.24, 2.45) is 0 Å². The van der Waals surface area contributed by atoms with E-state index in [-0.39, 0.29) is 12.4 Å². The van der Waals surface area contributed by atoms with Crippen LogP contribution in [0.1, 0.15) is 21.3 Å². The van der Waals surface area contributed by atoms with Gasteiger partial charge in [0, 0.05) is 27.3 Å². The molecule has 3 aromatic heterocycles. The van der Waals surface area contributed by atoms with Crippen molar-refractivity contribution in [1.29, 1.82) is 0 Å². The molecule has 6 rings (SSSR count). The van der Waals surface area contributed by atoms with E-state index in [2.05, 4.69) is 6.08 Å². The van der Waals surface area contributed by atoms with Gasteiger partial charge in [-0.15, -0.1) is 22.7 Å². The lowest BCUT2D eigenvalue weighted by Crippen LogP contribution is -2.09. The number of hydrogen-bond donors (Lipinski definition) is 0. The molecule has 0 atom stereocenters. The van der Waals surface area contributed by atoms with Crippen LogP contribution in [0.15, 0.2) is 74.6 Å². The summed E-state index contributed by atoms with van der Waals surface area (Å²) in [6.07, 6.45) is 2.66. The van der Waals surface area contributed by atoms with Crippen LogP contribution in [0.4, 0.5) is 0 Å². The number of rotatable bonds is 4. The minimum atomic E-state index is -0.382. The molecule has 0 saturated heterocycles. The average molecular weight is 487 g/mol. The van der Waals surface area contributed by atoms with E-state index in [9.17, 15) is 4.79 Å². The molecule has 6 nitrogen and oxygen atoms in total. The molecule has 0 N–H and O–H groups in total. The standard InChI is InChI=1S/C26H18N2O4S2/c29-26-19(10-17-6-2-4-8-23(17)32-26)21-14-34-25(28-21)11-24-27-20(13-33-24)18-9-16-5-1-3-7-22(16)31-15-30-12-18/h1-10,13-14H,11-12,15H2/b18-9+. The van der Waals surface area contributed by atoms with Gasteiger partial charge in [0.2, 0.25) is 0 Å². The molecule has 0 radical (unpaired) electrons. The van der Waals surface area contributed by atoms with Crippen molar-refractivity contribution in [3.05, 3.63) is 97.1 Å². The quantitative estimate of drug-likeness (QED) is 0.296. The monoisotopic (exact) mass is 486 g/mol. The first-order valence-electron chi connectivity index (χ1n) is 10.7. The van der Waals surface area contributed by atoms with Gasteiger partial charge < -0.3 is 13.9 Å². The molecule has 4 heterocycles. The van der Waals surface area contributed by atoms with Crippen LogP contribution < -0.4 is 10.4 Å². The topological polar surface area (TPSA) is 74.5 Å². The van der Waals surface area contributed by atoms with Crippen LogP contribution in [-0.2, 0) is 11.2 Å². The van der Waals surface area contributed by atoms with Crippen LogP contribution >= 0.6 is 22.7 Å². The molecule has 5 aromatic rings. The van der Waals surface area contributed by atoms with Gasteiger partial charge in [0.15, 0.2) is 6.79 Å². The molecule has 0 fully saturated rings. The first kappa shape index (κ1) is 21.0. The predicted molar refractivity (Wildman–Crippen MR) is 134 cm³/mol. The van der Waals surface area contributed by atoms with Gasteiger partial charge in [0.1, 0.15) is 21.3 Å². The van der Waals surface area contributed by atoms with Crippen molar-refractivity contribution in [3.8, 4) is 17.0 Å². The molecule has 34 heavy (non-hydrogen) atoms. The minimum Gasteiger partial charge on any atom is -0.467 e. The fraction of sp³-hybridized carbons (Fsp3) is 0.115. The number of fused-ring (bicyclic) bond motifs is 2. The molecule has 0 saturated carbocycles. The lowest BCUT2D eigenvalue weighted by Gasteiger charge is -2.15. The molecule has 1 aliphatic rings. The summed E-state index contributed by atoms with van der Waals surface area (Å²) in [4.78, 5) is 22.0. The maximum atomic E-state index is 12.5. The smallest absolute Gasteiger partial charge is 0.345 e. The van der Waals surface area contributed by atoms with E-state index in [0.29, 0.717) is 29.9 Å². The second-order valence-electron chi connectivity index (χ2n) is 7.73. The summed E-state index contributed by atoms with van der Waals surface area (Å²) in [7, 11) is 0. The van der Waals surface area contributed by atoms with E-state index < -0.39 is 0 Å². The molecule has 0 bridgehead atoms. The van der Waals surface area contributed by atoms with Crippen molar-refractivity contribution in [2.75, 3.05) is 13.4 Å². The Kier molecular flexibility index (Phi) is 5.54. The van der Waals surface area contributed by atoms with E-state index in [0.717, 1.165) is 38.0 Å². The van der Waals surface area contributed by atoms with Crippen molar-refractivity contribution in [2.45, 2.75) is 6.42 Å². The molecule has 0 spiro atoms. The number of thiazole rings is 2. The molecule has 0 aliphatic carbocycles. The fourth-order valence-electron chi connectivity index (χ4n) is 3.79. The summed E-state index contributed by atoms with van der Waals surface area (Å²) in [5, 5.41) is 6.66. The number of benzene rings is 2. The lowest BCUT2D eigenvalue weighted by molar-refractivity contribution is 0.0324. The molecular formula is C26H18N2O4S2. The van der Waals surface area contributed by atoms with E-state index in [4.69, 9.17) is 23.9 Å². The Balaban J connectivity index is 1.25. The molecule has 8 heteroatoms. The Bertz CT molecular complexity index is 1580. The van der Waals surface area contributed by atoms with E-state index in [1.54, 1.807) is 17.4 Å². The summed E-state index contributed by atoms with van der Waals surface area (Å²) in [5.74, 6) is 0.795. The predicted octanol–water partition coefficient (Wildman–Crippen LogP) is 5.87. The van der Waals surface area contributed by atoms with Gasteiger partial charge in [-0.3, -0.25) is 0 Å². The lowest BCUT2D eigenvalue weighted by atomic mass is 10.1. The number of aromatic nitrogens is 2. The fourth-order valence-corrected chi connectivity index (χ4v) is 5.50. The molecular weight excluding hydrogens is 468 g/mol. The Hall–Kier alpha value is -3.59. The Labute approximate surface area is 202 Å². The number of hydrogen-bond acceptors (Lipinski definition) is 8. The summed E-state index contributed by atoms with van der Waals surface area (Å²) in [5.41, 5.74) is 4.20. The van der Waals surface area contributed by atoms with Crippen LogP contribution in [-0.4, -0.2) is 23.4 Å². The van der Waals surface area contributed by atoms with Gasteiger partial charge in [0.25, 0.3) is 0 Å². The highest BCUT2D eigenvalue weighted by molar-refractivity contribution is 7.11. The third kappa shape index (κ3) is 4.19. The molecule has 1 aliphatic heterocycles. The zero-order valence-corrected chi connectivity index (χ0v) is 19.5. The van der Waals surface area contributed by atoms with Crippen LogP contribution in [0.2, 0.25) is 0 Å². The zero-order valence-electron chi connectivity index (χ0n) is 17.9. The van der Waals surface area contributed by atoms with Gasteiger partial charge >= 0.3 is 5.63 Å². The highest BCUT2D eigenvalue weighted by atomic mass is 32.1. The maximum Gasteiger partial charge on any atom is 0.345 e. The highest BCUT2D eigenvalue weighted by Crippen LogP contribution is 2.29. The van der Waals surface area contributed by atoms with E-state index in [1.807, 2.05) is 59.3 Å². The first-order valence-corrected chi connectivity index (χ1v) is 12.4. The summed E-state index contributed by atoms with van der Waals surface area (Å²) < 4.78 is 16.8. The average Bonchev–Trinajstić information content (AvgIpc) is 3.49. The van der Waals surface area contributed by atoms with Crippen molar-refractivity contribution in [1.82, 2.24) is 9.97 Å². The Morgan fingerprint density at radius 3 is 2.59 bits per heavy atom. The summed E-state index contributed by atoms with van der Waals surface area (Å²) in [6.45, 7) is 0.632. The van der Waals surface area contributed by atoms with Crippen LogP contribution in [0.25, 0.3) is 33.9 Å². The Morgan fingerprint density at radius 2 is 1.68 bits per heavy atom. The van der Waals surface area contributed by atoms with Crippen molar-refractivity contribution < 1.29 is 13.9 Å². The first-order chi connectivity index (χ1) is 16.7. The third-order valence-corrected chi connectivity index (χ3v) is 7.15. The highest BCUT2D eigenvalue weighted by Gasteiger charge is 2.15. The second kappa shape index (κ2) is 8.98. The van der Waals surface area contributed by atoms with Crippen LogP contribution in [0, 0.1) is 0 Å². The molecule has 2 aromatic carbocycles. The minimum absolute atomic E-state index is 0.204. The number of nitrogens with zero attached hydrogens (tertiary/aromatic N) is 2. The van der Waals surface area contributed by atoms with E-state index in [1.165, 1.54) is 11.3 Å². The molecule has 0 unspecified atom stereocenters. The molecule has 0 amide bonds. The number of para-hydroxylation sites is 2. The van der Waals surface area contributed by atoms with E-state index >= 15 is 0 Å². The van der Waals surface area contributed by atoms with Crippen molar-refractivity contribution >= 4 is 45.3 Å². The third-order valence-electron chi connectivity index (χ3n) is 5.46. The van der Waals surface area contributed by atoms with Crippen LogP contribution in [0.3, 0.4) is 0 Å². The molecule has 168 valence electrons. The largest absolute Gasteiger partial charge is 0.467 e.